The Bertz CT molecular complexity index is 870. The van der Waals surface area contributed by atoms with Crippen molar-refractivity contribution < 1.29 is 0 Å². The highest BCUT2D eigenvalue weighted by Gasteiger charge is 2.18. The van der Waals surface area contributed by atoms with Crippen LogP contribution in [-0.4, -0.2) is 11.5 Å². The summed E-state index contributed by atoms with van der Waals surface area (Å²) in [7, 11) is 0. The number of rotatable bonds is 2. The lowest BCUT2D eigenvalue weighted by atomic mass is 9.88. The molecule has 3 N–H and O–H groups in total. The fourth-order valence-electron chi connectivity index (χ4n) is 3.51. The summed E-state index contributed by atoms with van der Waals surface area (Å²) >= 11 is 0. The van der Waals surface area contributed by atoms with Gasteiger partial charge >= 0.3 is 0 Å². The molecular formula is C20H21N3. The Morgan fingerprint density at radius 3 is 2.96 bits per heavy atom. The first-order valence-corrected chi connectivity index (χ1v) is 8.15. The summed E-state index contributed by atoms with van der Waals surface area (Å²) in [6.45, 7) is 3.19. The van der Waals surface area contributed by atoms with Gasteiger partial charge in [-0.05, 0) is 54.3 Å². The number of nitrogens with zero attached hydrogens (tertiary/aromatic N) is 1. The Morgan fingerprint density at radius 1 is 1.13 bits per heavy atom. The van der Waals surface area contributed by atoms with Crippen molar-refractivity contribution in [3.63, 3.8) is 0 Å². The maximum absolute atomic E-state index is 5.80. The minimum atomic E-state index is 0.582. The maximum atomic E-state index is 5.80. The lowest BCUT2D eigenvalue weighted by molar-refractivity contribution is 0.535. The van der Waals surface area contributed by atoms with Crippen LogP contribution in [0.5, 0.6) is 0 Å². The van der Waals surface area contributed by atoms with Gasteiger partial charge in [0.15, 0.2) is 0 Å². The molecule has 1 aromatic heterocycles. The molecule has 23 heavy (non-hydrogen) atoms. The highest BCUT2D eigenvalue weighted by atomic mass is 14.9. The van der Waals surface area contributed by atoms with Gasteiger partial charge < -0.3 is 11.1 Å². The monoisotopic (exact) mass is 303 g/mol. The van der Waals surface area contributed by atoms with Gasteiger partial charge in [0.2, 0.25) is 0 Å². The predicted molar refractivity (Wildman–Crippen MR) is 96.7 cm³/mol. The summed E-state index contributed by atoms with van der Waals surface area (Å²) in [5.74, 6) is 1.21. The van der Waals surface area contributed by atoms with Crippen LogP contribution >= 0.6 is 0 Å². The van der Waals surface area contributed by atoms with E-state index in [1.54, 1.807) is 0 Å². The average Bonchev–Trinajstić information content (AvgIpc) is 2.54. The van der Waals surface area contributed by atoms with Gasteiger partial charge in [0, 0.05) is 23.8 Å². The Kier molecular flexibility index (Phi) is 3.41. The van der Waals surface area contributed by atoms with Crippen LogP contribution in [0.1, 0.15) is 16.7 Å². The van der Waals surface area contributed by atoms with Crippen LogP contribution < -0.4 is 11.1 Å². The summed E-state index contributed by atoms with van der Waals surface area (Å²) in [5.41, 5.74) is 11.2. The van der Waals surface area contributed by atoms with Crippen molar-refractivity contribution in [3.05, 3.63) is 65.4 Å². The van der Waals surface area contributed by atoms with Crippen LogP contribution in [0, 0.1) is 12.8 Å². The van der Waals surface area contributed by atoms with Crippen LogP contribution in [0.25, 0.3) is 10.8 Å². The lowest BCUT2D eigenvalue weighted by Crippen LogP contribution is -2.24. The Labute approximate surface area is 136 Å². The number of aryl methyl sites for hydroxylation is 1. The zero-order chi connectivity index (χ0) is 15.8. The molecule has 0 saturated heterocycles. The molecule has 1 aliphatic rings. The largest absolute Gasteiger partial charge is 0.385 e. The summed E-state index contributed by atoms with van der Waals surface area (Å²) in [6.07, 6.45) is 4.06. The number of aromatic nitrogens is 1. The second kappa shape index (κ2) is 5.58. The predicted octanol–water partition coefficient (Wildman–Crippen LogP) is 3.95. The topological polar surface area (TPSA) is 50.9 Å². The van der Waals surface area contributed by atoms with Crippen molar-refractivity contribution in [3.8, 4) is 0 Å². The molecule has 1 atom stereocenters. The normalized spacial score (nSPS) is 16.8. The fraction of sp³-hybridized carbons (Fsp3) is 0.250. The highest BCUT2D eigenvalue weighted by molar-refractivity contribution is 5.84. The van der Waals surface area contributed by atoms with E-state index < -0.39 is 0 Å². The molecule has 1 unspecified atom stereocenters. The van der Waals surface area contributed by atoms with Crippen LogP contribution in [0.15, 0.2) is 48.7 Å². The minimum Gasteiger partial charge on any atom is -0.385 e. The third kappa shape index (κ3) is 2.87. The number of anilines is 2. The second-order valence-corrected chi connectivity index (χ2v) is 6.61. The summed E-state index contributed by atoms with van der Waals surface area (Å²) < 4.78 is 0. The first-order chi connectivity index (χ1) is 11.2. The second-order valence-electron chi connectivity index (χ2n) is 6.61. The number of benzene rings is 2. The van der Waals surface area contributed by atoms with Gasteiger partial charge in [0.05, 0.1) is 0 Å². The molecule has 4 rings (SSSR count). The van der Waals surface area contributed by atoms with Gasteiger partial charge in [0.1, 0.15) is 5.82 Å². The quantitative estimate of drug-likeness (QED) is 0.753. The number of hydrogen-bond donors (Lipinski definition) is 2. The highest BCUT2D eigenvalue weighted by Crippen LogP contribution is 2.28. The molecule has 1 aliphatic heterocycles. The van der Waals surface area contributed by atoms with Crippen molar-refractivity contribution in [1.82, 2.24) is 4.98 Å². The van der Waals surface area contributed by atoms with E-state index in [0.29, 0.717) is 11.7 Å². The summed E-state index contributed by atoms with van der Waals surface area (Å²) in [6, 6.07) is 15.2. The molecule has 2 aromatic carbocycles. The van der Waals surface area contributed by atoms with Crippen LogP contribution in [0.4, 0.5) is 11.5 Å². The van der Waals surface area contributed by atoms with E-state index in [1.807, 2.05) is 12.3 Å². The van der Waals surface area contributed by atoms with Gasteiger partial charge in [-0.15, -0.1) is 0 Å². The lowest BCUT2D eigenvalue weighted by Gasteiger charge is -2.26. The molecular weight excluding hydrogens is 282 g/mol. The zero-order valence-electron chi connectivity index (χ0n) is 13.3. The van der Waals surface area contributed by atoms with E-state index >= 15 is 0 Å². The van der Waals surface area contributed by atoms with Crippen LogP contribution in [0.2, 0.25) is 0 Å². The third-order valence-electron chi connectivity index (χ3n) is 4.68. The van der Waals surface area contributed by atoms with Crippen molar-refractivity contribution in [1.29, 1.82) is 0 Å². The third-order valence-corrected chi connectivity index (χ3v) is 4.68. The van der Waals surface area contributed by atoms with Gasteiger partial charge in [0.25, 0.3) is 0 Å². The number of pyridine rings is 1. The Hall–Kier alpha value is -2.55. The molecule has 0 bridgehead atoms. The molecule has 0 fully saturated rings. The number of nitrogens with two attached hydrogens (primary N) is 1. The van der Waals surface area contributed by atoms with Crippen molar-refractivity contribution in [2.45, 2.75) is 19.8 Å². The van der Waals surface area contributed by atoms with Crippen molar-refractivity contribution in [2.24, 2.45) is 5.92 Å². The molecule has 3 aromatic rings. The molecule has 3 nitrogen and oxygen atoms in total. The van der Waals surface area contributed by atoms with Gasteiger partial charge in [-0.2, -0.15) is 0 Å². The molecule has 0 saturated carbocycles. The van der Waals surface area contributed by atoms with Crippen LogP contribution in [0.3, 0.4) is 0 Å². The number of nitrogens with one attached hydrogen (secondary N) is 1. The Balaban J connectivity index is 1.56. The first kappa shape index (κ1) is 14.1. The minimum absolute atomic E-state index is 0.582. The van der Waals surface area contributed by atoms with E-state index in [1.165, 1.54) is 27.8 Å². The molecule has 2 heterocycles. The number of fused-ring (bicyclic) bond motifs is 2. The van der Waals surface area contributed by atoms with Gasteiger partial charge in [-0.3, -0.25) is 0 Å². The van der Waals surface area contributed by atoms with E-state index in [2.05, 4.69) is 53.6 Å². The Morgan fingerprint density at radius 2 is 2.04 bits per heavy atom. The molecule has 0 aliphatic carbocycles. The number of nitrogen functional groups attached to an aromatic ring is 1. The van der Waals surface area contributed by atoms with Gasteiger partial charge in [-0.1, -0.05) is 35.9 Å². The molecule has 3 heteroatoms. The van der Waals surface area contributed by atoms with E-state index in [-0.39, 0.29) is 0 Å². The molecule has 0 amide bonds. The van der Waals surface area contributed by atoms with Gasteiger partial charge in [-0.25, -0.2) is 4.98 Å². The first-order valence-electron chi connectivity index (χ1n) is 8.15. The summed E-state index contributed by atoms with van der Waals surface area (Å²) in [4.78, 5) is 4.15. The average molecular weight is 303 g/mol. The van der Waals surface area contributed by atoms with Crippen molar-refractivity contribution in [2.75, 3.05) is 17.6 Å². The smallest absolute Gasteiger partial charge is 0.123 e. The molecule has 116 valence electrons. The van der Waals surface area contributed by atoms with Crippen molar-refractivity contribution >= 4 is 22.3 Å². The van der Waals surface area contributed by atoms with E-state index in [4.69, 9.17) is 5.73 Å². The standard InChI is InChI=1S/C20H21N3/c1-13-2-5-19-18(6-13)9-15(11-22-19)7-14-3-4-16-12-23-20(21)10-17(16)8-14/h2-6,8,10,12,15,22H,7,9,11H2,1H3,(H2,21,23). The maximum Gasteiger partial charge on any atom is 0.123 e. The van der Waals surface area contributed by atoms with Crippen LogP contribution in [-0.2, 0) is 12.8 Å². The van der Waals surface area contributed by atoms with E-state index in [9.17, 15) is 0 Å². The summed E-state index contributed by atoms with van der Waals surface area (Å²) in [5, 5.41) is 5.90. The number of hydrogen-bond acceptors (Lipinski definition) is 3. The molecule has 0 radical (unpaired) electrons. The SMILES string of the molecule is Cc1ccc2c(c1)CC(Cc1ccc3cnc(N)cc3c1)CN2. The van der Waals surface area contributed by atoms with E-state index in [0.717, 1.165) is 24.8 Å². The molecule has 0 spiro atoms. The zero-order valence-corrected chi connectivity index (χ0v) is 13.3. The fourth-order valence-corrected chi connectivity index (χ4v) is 3.51.